The van der Waals surface area contributed by atoms with E-state index in [2.05, 4.69) is 11.4 Å². The zero-order valence-electron chi connectivity index (χ0n) is 15.1. The molecular weight excluding hydrogens is 350 g/mol. The zero-order chi connectivity index (χ0) is 19.5. The van der Waals surface area contributed by atoms with Gasteiger partial charge in [-0.25, -0.2) is 12.7 Å². The third-order valence-corrected chi connectivity index (χ3v) is 5.98. The van der Waals surface area contributed by atoms with Crippen molar-refractivity contribution in [2.45, 2.75) is 24.8 Å². The minimum Gasteiger partial charge on any atom is -0.333 e. The van der Waals surface area contributed by atoms with E-state index in [1.54, 1.807) is 31.2 Å². The molecule has 1 N–H and O–H groups in total. The number of nitriles is 1. The van der Waals surface area contributed by atoms with Crippen molar-refractivity contribution >= 4 is 15.9 Å². The molecule has 0 aromatic heterocycles. The molecule has 2 aromatic carbocycles. The highest BCUT2D eigenvalue weighted by Gasteiger charge is 2.22. The number of rotatable bonds is 5. The van der Waals surface area contributed by atoms with E-state index in [1.165, 1.54) is 20.2 Å². The van der Waals surface area contributed by atoms with Gasteiger partial charge in [0.2, 0.25) is 10.0 Å². The van der Waals surface area contributed by atoms with Crippen molar-refractivity contribution in [3.8, 4) is 6.07 Å². The first kappa shape index (κ1) is 19.6. The van der Waals surface area contributed by atoms with E-state index in [9.17, 15) is 18.5 Å². The normalized spacial score (nSPS) is 12.5. The Labute approximate surface area is 154 Å². The fourth-order valence-electron chi connectivity index (χ4n) is 2.38. The van der Waals surface area contributed by atoms with Crippen LogP contribution in [0.3, 0.4) is 0 Å². The van der Waals surface area contributed by atoms with Crippen LogP contribution in [0, 0.1) is 25.2 Å². The largest absolute Gasteiger partial charge is 0.333 e. The van der Waals surface area contributed by atoms with Gasteiger partial charge in [-0.3, -0.25) is 4.79 Å². The number of carbonyl (C=O) groups is 1. The van der Waals surface area contributed by atoms with E-state index >= 15 is 0 Å². The predicted octanol–water partition coefficient (Wildman–Crippen LogP) is 2.55. The monoisotopic (exact) mass is 371 g/mol. The first-order chi connectivity index (χ1) is 12.2. The Hall–Kier alpha value is -2.69. The molecule has 0 bridgehead atoms. The Balaban J connectivity index is 2.32. The molecule has 0 fully saturated rings. The molecular formula is C19H21N3O3S. The van der Waals surface area contributed by atoms with Crippen LogP contribution in [-0.2, 0) is 10.0 Å². The molecule has 0 spiro atoms. The molecule has 7 heteroatoms. The van der Waals surface area contributed by atoms with Gasteiger partial charge < -0.3 is 5.32 Å². The van der Waals surface area contributed by atoms with Gasteiger partial charge in [0.25, 0.3) is 5.91 Å². The van der Waals surface area contributed by atoms with Crippen LogP contribution in [0.25, 0.3) is 0 Å². The first-order valence-corrected chi connectivity index (χ1v) is 9.41. The Morgan fingerprint density at radius 3 is 2.27 bits per heavy atom. The van der Waals surface area contributed by atoms with E-state index < -0.39 is 22.0 Å². The minimum atomic E-state index is -3.67. The van der Waals surface area contributed by atoms with E-state index in [1.807, 2.05) is 19.1 Å². The van der Waals surface area contributed by atoms with Crippen molar-refractivity contribution < 1.29 is 13.2 Å². The van der Waals surface area contributed by atoms with Crippen molar-refractivity contribution in [1.29, 1.82) is 5.26 Å². The quantitative estimate of drug-likeness (QED) is 0.874. The maximum absolute atomic E-state index is 12.5. The molecule has 26 heavy (non-hydrogen) atoms. The molecule has 0 saturated carbocycles. The maximum Gasteiger partial charge on any atom is 0.252 e. The van der Waals surface area contributed by atoms with Crippen LogP contribution in [0.15, 0.2) is 47.4 Å². The first-order valence-electron chi connectivity index (χ1n) is 7.97. The number of sulfonamides is 1. The van der Waals surface area contributed by atoms with Gasteiger partial charge in [-0.15, -0.1) is 0 Å². The summed E-state index contributed by atoms with van der Waals surface area (Å²) in [6, 6.07) is 13.0. The van der Waals surface area contributed by atoms with E-state index in [0.29, 0.717) is 11.1 Å². The van der Waals surface area contributed by atoms with Gasteiger partial charge in [-0.1, -0.05) is 35.9 Å². The topological polar surface area (TPSA) is 90.3 Å². The van der Waals surface area contributed by atoms with Gasteiger partial charge in [-0.05, 0) is 37.1 Å². The molecule has 0 aliphatic carbocycles. The summed E-state index contributed by atoms with van der Waals surface area (Å²) in [6.07, 6.45) is 0. The van der Waals surface area contributed by atoms with Crippen LogP contribution in [-0.4, -0.2) is 32.7 Å². The lowest BCUT2D eigenvalue weighted by Gasteiger charge is -2.16. The lowest BCUT2D eigenvalue weighted by Crippen LogP contribution is -2.28. The highest BCUT2D eigenvalue weighted by molar-refractivity contribution is 7.89. The smallest absolute Gasteiger partial charge is 0.252 e. The zero-order valence-corrected chi connectivity index (χ0v) is 16.0. The SMILES string of the molecule is Cc1ccc(C(C#N)NC(=O)c2ccc(C)c(S(=O)(=O)N(C)C)c2)cc1. The molecule has 0 heterocycles. The minimum absolute atomic E-state index is 0.0685. The summed E-state index contributed by atoms with van der Waals surface area (Å²) < 4.78 is 25.9. The summed E-state index contributed by atoms with van der Waals surface area (Å²) in [5, 5.41) is 12.0. The molecule has 1 atom stereocenters. The van der Waals surface area contributed by atoms with Crippen LogP contribution in [0.1, 0.15) is 33.1 Å². The Morgan fingerprint density at radius 1 is 1.12 bits per heavy atom. The van der Waals surface area contributed by atoms with Crippen molar-refractivity contribution in [2.75, 3.05) is 14.1 Å². The Kier molecular flexibility index (Phi) is 5.80. The second-order valence-electron chi connectivity index (χ2n) is 6.21. The second-order valence-corrected chi connectivity index (χ2v) is 8.33. The number of hydrogen-bond acceptors (Lipinski definition) is 4. The van der Waals surface area contributed by atoms with Crippen molar-refractivity contribution in [1.82, 2.24) is 9.62 Å². The van der Waals surface area contributed by atoms with E-state index in [0.717, 1.165) is 9.87 Å². The van der Waals surface area contributed by atoms with Gasteiger partial charge in [0, 0.05) is 19.7 Å². The summed E-state index contributed by atoms with van der Waals surface area (Å²) in [5.74, 6) is -0.507. The second kappa shape index (κ2) is 7.68. The van der Waals surface area contributed by atoms with Crippen molar-refractivity contribution in [3.63, 3.8) is 0 Å². The summed E-state index contributed by atoms with van der Waals surface area (Å²) in [4.78, 5) is 12.6. The average molecular weight is 371 g/mol. The number of carbonyl (C=O) groups excluding carboxylic acids is 1. The Bertz CT molecular complexity index is 959. The molecule has 1 amide bonds. The lowest BCUT2D eigenvalue weighted by molar-refractivity contribution is 0.0945. The van der Waals surface area contributed by atoms with E-state index in [4.69, 9.17) is 0 Å². The van der Waals surface area contributed by atoms with Crippen LogP contribution >= 0.6 is 0 Å². The molecule has 0 saturated heterocycles. The fraction of sp³-hybridized carbons (Fsp3) is 0.263. The Morgan fingerprint density at radius 2 is 1.73 bits per heavy atom. The lowest BCUT2D eigenvalue weighted by atomic mass is 10.1. The van der Waals surface area contributed by atoms with Gasteiger partial charge in [0.15, 0.2) is 0 Å². The molecule has 136 valence electrons. The van der Waals surface area contributed by atoms with Gasteiger partial charge in [-0.2, -0.15) is 5.26 Å². The third-order valence-electron chi connectivity index (χ3n) is 4.02. The number of nitrogens with zero attached hydrogens (tertiary/aromatic N) is 2. The fourth-order valence-corrected chi connectivity index (χ4v) is 3.52. The van der Waals surface area contributed by atoms with Gasteiger partial charge in [0.1, 0.15) is 6.04 Å². The highest BCUT2D eigenvalue weighted by atomic mass is 32.2. The van der Waals surface area contributed by atoms with E-state index in [-0.39, 0.29) is 10.5 Å². The summed E-state index contributed by atoms with van der Waals surface area (Å²) >= 11 is 0. The molecule has 2 aromatic rings. The molecule has 1 unspecified atom stereocenters. The van der Waals surface area contributed by atoms with Gasteiger partial charge >= 0.3 is 0 Å². The van der Waals surface area contributed by atoms with Gasteiger partial charge in [0.05, 0.1) is 11.0 Å². The number of hydrogen-bond donors (Lipinski definition) is 1. The molecule has 0 radical (unpaired) electrons. The number of amides is 1. The molecule has 0 aliphatic rings. The van der Waals surface area contributed by atoms with Crippen LogP contribution in [0.4, 0.5) is 0 Å². The van der Waals surface area contributed by atoms with Crippen LogP contribution in [0.5, 0.6) is 0 Å². The number of aryl methyl sites for hydroxylation is 2. The molecule has 2 rings (SSSR count). The standard InChI is InChI=1S/C19H21N3O3S/c1-13-5-8-15(9-6-13)17(12-20)21-19(23)16-10-7-14(2)18(11-16)26(24,25)22(3)4/h5-11,17H,1-4H3,(H,21,23). The summed E-state index contributed by atoms with van der Waals surface area (Å²) in [7, 11) is -0.796. The number of nitrogens with one attached hydrogen (secondary N) is 1. The highest BCUT2D eigenvalue weighted by Crippen LogP contribution is 2.21. The number of benzene rings is 2. The van der Waals surface area contributed by atoms with Crippen molar-refractivity contribution in [3.05, 3.63) is 64.7 Å². The predicted molar refractivity (Wildman–Crippen MR) is 99.1 cm³/mol. The van der Waals surface area contributed by atoms with Crippen LogP contribution in [0.2, 0.25) is 0 Å². The third kappa shape index (κ3) is 4.10. The van der Waals surface area contributed by atoms with Crippen molar-refractivity contribution in [2.24, 2.45) is 0 Å². The summed E-state index contributed by atoms with van der Waals surface area (Å²) in [5.41, 5.74) is 2.45. The average Bonchev–Trinajstić information content (AvgIpc) is 2.60. The maximum atomic E-state index is 12.5. The summed E-state index contributed by atoms with van der Waals surface area (Å²) in [6.45, 7) is 3.60. The molecule has 0 aliphatic heterocycles. The van der Waals surface area contributed by atoms with Crippen LogP contribution < -0.4 is 5.32 Å². The molecule has 6 nitrogen and oxygen atoms in total.